The molecule has 0 saturated carbocycles. The molecule has 78 valence electrons. The molecule has 2 aromatic heterocycles. The van der Waals surface area contributed by atoms with Gasteiger partial charge >= 0.3 is 0 Å². The van der Waals surface area contributed by atoms with Gasteiger partial charge in [-0.25, -0.2) is 4.98 Å². The van der Waals surface area contributed by atoms with Crippen molar-refractivity contribution in [2.24, 2.45) is 5.92 Å². The van der Waals surface area contributed by atoms with Gasteiger partial charge in [0.1, 0.15) is 18.2 Å². The van der Waals surface area contributed by atoms with Gasteiger partial charge in [0.2, 0.25) is 0 Å². The first kappa shape index (κ1) is 8.59. The molecule has 2 aromatic rings. The first-order chi connectivity index (χ1) is 7.27. The quantitative estimate of drug-likeness (QED) is 0.774. The predicted octanol–water partition coefficient (Wildman–Crippen LogP) is 2.59. The molecule has 0 fully saturated rings. The highest BCUT2D eigenvalue weighted by Gasteiger charge is 2.27. The Morgan fingerprint density at radius 3 is 3.13 bits per heavy atom. The average Bonchev–Trinajstić information content (AvgIpc) is 2.83. The Bertz CT molecular complexity index is 483. The Hall–Kier alpha value is -1.71. The summed E-state index contributed by atoms with van der Waals surface area (Å²) in [6, 6.07) is 0.303. The molecule has 4 nitrogen and oxygen atoms in total. The molecule has 1 aliphatic heterocycles. The first-order valence-electron chi connectivity index (χ1n) is 5.12. The van der Waals surface area contributed by atoms with Gasteiger partial charge in [0.25, 0.3) is 0 Å². The molecule has 0 bridgehead atoms. The number of furan rings is 1. The lowest BCUT2D eigenvalue weighted by Gasteiger charge is -2.28. The molecule has 0 aliphatic carbocycles. The summed E-state index contributed by atoms with van der Waals surface area (Å²) >= 11 is 0. The Balaban J connectivity index is 2.18. The predicted molar refractivity (Wildman–Crippen MR) is 57.0 cm³/mol. The second-order valence-corrected chi connectivity index (χ2v) is 4.23. The molecule has 3 rings (SSSR count). The van der Waals surface area contributed by atoms with Crippen molar-refractivity contribution in [2.45, 2.75) is 19.9 Å². The number of hydrogen-bond donors (Lipinski definition) is 1. The summed E-state index contributed by atoms with van der Waals surface area (Å²) in [6.45, 7) is 4.39. The summed E-state index contributed by atoms with van der Waals surface area (Å²) in [5, 5.41) is 3.46. The minimum absolute atomic E-state index is 0.303. The van der Waals surface area contributed by atoms with Gasteiger partial charge in [-0.2, -0.15) is 0 Å². The van der Waals surface area contributed by atoms with Gasteiger partial charge in [-0.3, -0.25) is 4.57 Å². The summed E-state index contributed by atoms with van der Waals surface area (Å²) in [7, 11) is 0. The largest absolute Gasteiger partial charge is 0.468 e. The lowest BCUT2D eigenvalue weighted by atomic mass is 9.99. The minimum atomic E-state index is 0.303. The SMILES string of the molecule is CC(C)C1Nc2cocc2-n2cncc21. The highest BCUT2D eigenvalue weighted by atomic mass is 16.3. The van der Waals surface area contributed by atoms with Crippen molar-refractivity contribution in [3.63, 3.8) is 0 Å². The molecule has 3 heterocycles. The van der Waals surface area contributed by atoms with E-state index < -0.39 is 0 Å². The molecule has 0 amide bonds. The van der Waals surface area contributed by atoms with Crippen LogP contribution in [0.4, 0.5) is 5.69 Å². The van der Waals surface area contributed by atoms with Crippen molar-refractivity contribution in [3.8, 4) is 5.69 Å². The van der Waals surface area contributed by atoms with Gasteiger partial charge in [-0.1, -0.05) is 13.8 Å². The number of aromatic nitrogens is 2. The van der Waals surface area contributed by atoms with Crippen LogP contribution in [-0.2, 0) is 0 Å². The standard InChI is InChI=1S/C11H13N3O/c1-7(2)11-9-3-12-6-14(9)10-5-15-4-8(10)13-11/h3-7,11,13H,1-2H3. The van der Waals surface area contributed by atoms with Gasteiger partial charge in [0, 0.05) is 0 Å². The van der Waals surface area contributed by atoms with Gasteiger partial charge < -0.3 is 9.73 Å². The molecule has 1 aliphatic rings. The highest BCUT2D eigenvalue weighted by molar-refractivity contribution is 5.63. The maximum atomic E-state index is 5.21. The van der Waals surface area contributed by atoms with Crippen molar-refractivity contribution in [1.29, 1.82) is 0 Å². The van der Waals surface area contributed by atoms with Gasteiger partial charge in [-0.05, 0) is 5.92 Å². The zero-order valence-electron chi connectivity index (χ0n) is 8.77. The first-order valence-corrected chi connectivity index (χ1v) is 5.12. The third-order valence-electron chi connectivity index (χ3n) is 2.86. The van der Waals surface area contributed by atoms with E-state index in [9.17, 15) is 0 Å². The molecular weight excluding hydrogens is 190 g/mol. The molecule has 1 atom stereocenters. The third kappa shape index (κ3) is 1.11. The fourth-order valence-corrected chi connectivity index (χ4v) is 2.07. The molecule has 4 heteroatoms. The smallest absolute Gasteiger partial charge is 0.117 e. The van der Waals surface area contributed by atoms with Crippen LogP contribution in [0.3, 0.4) is 0 Å². The number of nitrogens with one attached hydrogen (secondary N) is 1. The van der Waals surface area contributed by atoms with Crippen LogP contribution in [0.2, 0.25) is 0 Å². The molecule has 0 spiro atoms. The Labute approximate surface area is 87.9 Å². The van der Waals surface area contributed by atoms with E-state index in [1.165, 1.54) is 5.69 Å². The maximum absolute atomic E-state index is 5.21. The van der Waals surface area contributed by atoms with Crippen LogP contribution >= 0.6 is 0 Å². The van der Waals surface area contributed by atoms with Crippen LogP contribution in [0.1, 0.15) is 25.6 Å². The summed E-state index contributed by atoms with van der Waals surface area (Å²) in [6.07, 6.45) is 7.23. The lowest BCUT2D eigenvalue weighted by Crippen LogP contribution is -2.23. The van der Waals surface area contributed by atoms with Crippen LogP contribution in [0.25, 0.3) is 5.69 Å². The van der Waals surface area contributed by atoms with E-state index in [0.29, 0.717) is 12.0 Å². The maximum Gasteiger partial charge on any atom is 0.117 e. The van der Waals surface area contributed by atoms with Gasteiger partial charge in [0.05, 0.1) is 29.9 Å². The molecule has 0 saturated heterocycles. The van der Waals surface area contributed by atoms with Gasteiger partial charge in [-0.15, -0.1) is 0 Å². The summed E-state index contributed by atoms with van der Waals surface area (Å²) in [5.74, 6) is 0.517. The monoisotopic (exact) mass is 203 g/mol. The van der Waals surface area contributed by atoms with E-state index in [1.54, 1.807) is 12.5 Å². The third-order valence-corrected chi connectivity index (χ3v) is 2.86. The fraction of sp³-hybridized carbons (Fsp3) is 0.364. The number of nitrogens with zero attached hydrogens (tertiary/aromatic N) is 2. The zero-order chi connectivity index (χ0) is 10.4. The zero-order valence-corrected chi connectivity index (χ0v) is 8.77. The van der Waals surface area contributed by atoms with Gasteiger partial charge in [0.15, 0.2) is 0 Å². The normalized spacial score (nSPS) is 18.5. The number of imidazole rings is 1. The van der Waals surface area contributed by atoms with E-state index in [4.69, 9.17) is 4.42 Å². The molecule has 15 heavy (non-hydrogen) atoms. The van der Waals surface area contributed by atoms with Crippen molar-refractivity contribution in [2.75, 3.05) is 5.32 Å². The Morgan fingerprint density at radius 1 is 1.47 bits per heavy atom. The molecular formula is C11H13N3O. The Kier molecular flexibility index (Phi) is 1.65. The van der Waals surface area contributed by atoms with Crippen LogP contribution in [0.5, 0.6) is 0 Å². The highest BCUT2D eigenvalue weighted by Crippen LogP contribution is 2.36. The summed E-state index contributed by atoms with van der Waals surface area (Å²) < 4.78 is 7.29. The average molecular weight is 203 g/mol. The van der Waals surface area contributed by atoms with Crippen LogP contribution in [-0.4, -0.2) is 9.55 Å². The van der Waals surface area contributed by atoms with Crippen LogP contribution in [0.15, 0.2) is 29.5 Å². The topological polar surface area (TPSA) is 43.0 Å². The number of fused-ring (bicyclic) bond motifs is 3. The van der Waals surface area contributed by atoms with E-state index >= 15 is 0 Å². The fourth-order valence-electron chi connectivity index (χ4n) is 2.07. The van der Waals surface area contributed by atoms with E-state index in [2.05, 4.69) is 28.7 Å². The summed E-state index contributed by atoms with van der Waals surface area (Å²) in [5.41, 5.74) is 3.28. The van der Waals surface area contributed by atoms with Crippen molar-refractivity contribution >= 4 is 5.69 Å². The summed E-state index contributed by atoms with van der Waals surface area (Å²) in [4.78, 5) is 4.20. The molecule has 0 radical (unpaired) electrons. The number of hydrogen-bond acceptors (Lipinski definition) is 3. The second-order valence-electron chi connectivity index (χ2n) is 4.23. The number of anilines is 1. The minimum Gasteiger partial charge on any atom is -0.468 e. The number of rotatable bonds is 1. The molecule has 1 unspecified atom stereocenters. The molecule has 0 aromatic carbocycles. The molecule has 1 N–H and O–H groups in total. The van der Waals surface area contributed by atoms with E-state index in [-0.39, 0.29) is 0 Å². The van der Waals surface area contributed by atoms with Crippen molar-refractivity contribution in [1.82, 2.24) is 9.55 Å². The van der Waals surface area contributed by atoms with E-state index in [1.807, 2.05) is 12.5 Å². The van der Waals surface area contributed by atoms with Crippen molar-refractivity contribution < 1.29 is 4.42 Å². The van der Waals surface area contributed by atoms with Crippen LogP contribution in [0, 0.1) is 5.92 Å². The van der Waals surface area contributed by atoms with Crippen LogP contribution < -0.4 is 5.32 Å². The lowest BCUT2D eigenvalue weighted by molar-refractivity contribution is 0.521. The van der Waals surface area contributed by atoms with Crippen molar-refractivity contribution in [3.05, 3.63) is 30.7 Å². The Morgan fingerprint density at radius 2 is 2.33 bits per heavy atom. The van der Waals surface area contributed by atoms with E-state index in [0.717, 1.165) is 11.4 Å². The second kappa shape index (κ2) is 2.89.